The van der Waals surface area contributed by atoms with Crippen molar-refractivity contribution in [2.24, 2.45) is 23.9 Å². The number of fused-ring (bicyclic) bond motifs is 3. The van der Waals surface area contributed by atoms with E-state index < -0.39 is 18.1 Å². The largest absolute Gasteiger partial charge is 0.474 e. The van der Waals surface area contributed by atoms with E-state index in [1.807, 2.05) is 117 Å². The monoisotopic (exact) mass is 1010 g/mol. The number of pyridine rings is 1. The average Bonchev–Trinajstić information content (AvgIpc) is 4.19. The van der Waals surface area contributed by atoms with Crippen LogP contribution in [0.2, 0.25) is 5.02 Å². The minimum Gasteiger partial charge on any atom is -0.474 e. The Balaban J connectivity index is 0.762. The maximum absolute atomic E-state index is 14.5. The van der Waals surface area contributed by atoms with E-state index in [9.17, 15) is 14.4 Å². The molecule has 2 aliphatic heterocycles. The fraction of sp³-hybridized carbons (Fsp3) is 0.389. The Morgan fingerprint density at radius 3 is 2.38 bits per heavy atom. The van der Waals surface area contributed by atoms with Crippen LogP contribution in [0.15, 0.2) is 96.6 Å². The highest BCUT2D eigenvalue weighted by atomic mass is 35.5. The number of nitrogens with zero attached hydrogens (tertiary/aromatic N) is 10. The molecular formula is C54H59ClN12O4S. The van der Waals surface area contributed by atoms with Crippen LogP contribution in [-0.4, -0.2) is 92.1 Å². The van der Waals surface area contributed by atoms with E-state index in [0.717, 1.165) is 61.3 Å². The summed E-state index contributed by atoms with van der Waals surface area (Å²) in [7, 11) is 1.96. The smallest absolute Gasteiger partial charge is 0.248 e. The predicted octanol–water partition coefficient (Wildman–Crippen LogP) is 8.89. The third-order valence-electron chi connectivity index (χ3n) is 14.3. The summed E-state index contributed by atoms with van der Waals surface area (Å²) in [5, 5.41) is 21.7. The van der Waals surface area contributed by atoms with E-state index in [0.29, 0.717) is 42.5 Å². The molecule has 1 aliphatic carbocycles. The summed E-state index contributed by atoms with van der Waals surface area (Å²) in [4.78, 5) is 59.4. The van der Waals surface area contributed by atoms with Crippen molar-refractivity contribution in [1.82, 2.24) is 54.6 Å². The topological polar surface area (TPSA) is 179 Å². The number of carbonyl (C=O) groups excluding carboxylic acids is 3. The van der Waals surface area contributed by atoms with E-state index in [1.165, 1.54) is 4.88 Å². The van der Waals surface area contributed by atoms with Gasteiger partial charge in [0.15, 0.2) is 5.82 Å². The standard InChI is InChI=1S/C54H59ClN12O4S/c1-29(2)49(53(70)65-27-30(3)21-44(65)52(69)59-32(5)35-9-11-37(12-10-35)50-57-19-20-64(50)8)66-28-39(26-58-66)38-17-18-56-46(22-38)71-42-23-41(24-42)60-45(68)25-43-51-63-62-34(7)67(51)54-47(31(4)33(6)72-54)48(61-43)36-13-15-40(55)16-14-36/h9-20,22,26,28-30,32,41-44,49H,21,23-25,27H2,1-8H3,(H,59,69)(H,60,68)/t30-,32+,41-,42+,43+,44+,49+/m1/s1. The summed E-state index contributed by atoms with van der Waals surface area (Å²) in [6, 6.07) is 17.3. The van der Waals surface area contributed by atoms with Crippen molar-refractivity contribution in [1.29, 1.82) is 0 Å². The molecule has 2 fully saturated rings. The lowest BCUT2D eigenvalue weighted by Gasteiger charge is -2.35. The lowest BCUT2D eigenvalue weighted by molar-refractivity contribution is -0.142. The number of rotatable bonds is 14. The summed E-state index contributed by atoms with van der Waals surface area (Å²) in [5.74, 6) is 2.32. The minimum absolute atomic E-state index is 0.0749. The molecule has 3 amide bonds. The van der Waals surface area contributed by atoms with Crippen molar-refractivity contribution in [3.05, 3.63) is 135 Å². The zero-order valence-corrected chi connectivity index (χ0v) is 43.3. The van der Waals surface area contributed by atoms with Gasteiger partial charge in [0.2, 0.25) is 23.6 Å². The molecule has 0 radical (unpaired) electrons. The van der Waals surface area contributed by atoms with Gasteiger partial charge in [-0.2, -0.15) is 5.10 Å². The number of aryl methyl sites for hydroxylation is 3. The number of carbonyl (C=O) groups is 3. The second-order valence-electron chi connectivity index (χ2n) is 19.9. The first-order valence-corrected chi connectivity index (χ1v) is 25.8. The van der Waals surface area contributed by atoms with Crippen LogP contribution in [0.1, 0.15) is 110 Å². The van der Waals surface area contributed by atoms with Crippen LogP contribution in [0.5, 0.6) is 5.88 Å². The minimum atomic E-state index is -0.625. The van der Waals surface area contributed by atoms with Crippen molar-refractivity contribution < 1.29 is 19.1 Å². The van der Waals surface area contributed by atoms with Crippen LogP contribution in [-0.2, 0) is 21.4 Å². The number of aromatic nitrogens is 8. The number of halogens is 1. The van der Waals surface area contributed by atoms with E-state index in [1.54, 1.807) is 39.5 Å². The van der Waals surface area contributed by atoms with Crippen LogP contribution in [0.4, 0.5) is 0 Å². The van der Waals surface area contributed by atoms with Crippen molar-refractivity contribution in [2.75, 3.05) is 6.54 Å². The van der Waals surface area contributed by atoms with E-state index in [-0.39, 0.29) is 54.2 Å². The highest BCUT2D eigenvalue weighted by Gasteiger charge is 2.42. The first-order chi connectivity index (χ1) is 34.6. The summed E-state index contributed by atoms with van der Waals surface area (Å²) in [6.45, 7) is 14.7. The molecule has 3 aliphatic rings. The molecule has 1 saturated carbocycles. The van der Waals surface area contributed by atoms with E-state index in [4.69, 9.17) is 26.4 Å². The average molecular weight is 1010 g/mol. The SMILES string of the molecule is Cc1sc2c(c1C)C(c1ccc(Cl)cc1)=N[C@@H](CC(=O)N[C@H]1C[C@@H](Oc3cc(-c4cnn([C@H](C(=O)N5C[C@H](C)C[C@H]5C(=O)N[C@@H](C)c5ccc(-c6nccn6C)cc5)C(C)C)c4)ccn3)C1)c1nnc(C)n1-2. The first-order valence-electron chi connectivity index (χ1n) is 24.6. The molecule has 7 aromatic rings. The summed E-state index contributed by atoms with van der Waals surface area (Å²) in [5.41, 5.74) is 7.46. The highest BCUT2D eigenvalue weighted by molar-refractivity contribution is 7.15. The van der Waals surface area contributed by atoms with Gasteiger partial charge in [-0.3, -0.25) is 28.6 Å². The Morgan fingerprint density at radius 1 is 0.903 bits per heavy atom. The van der Waals surface area contributed by atoms with Gasteiger partial charge in [-0.15, -0.1) is 21.5 Å². The fourth-order valence-electron chi connectivity index (χ4n) is 10.2. The third-order valence-corrected chi connectivity index (χ3v) is 15.7. The fourth-order valence-corrected chi connectivity index (χ4v) is 11.5. The molecule has 2 N–H and O–H groups in total. The maximum atomic E-state index is 14.5. The van der Waals surface area contributed by atoms with Crippen molar-refractivity contribution >= 4 is 46.4 Å². The zero-order chi connectivity index (χ0) is 50.5. The Morgan fingerprint density at radius 2 is 1.65 bits per heavy atom. The van der Waals surface area contributed by atoms with Gasteiger partial charge >= 0.3 is 0 Å². The lowest BCUT2D eigenvalue weighted by atomic mass is 9.89. The molecule has 5 aromatic heterocycles. The van der Waals surface area contributed by atoms with Gasteiger partial charge in [0, 0.05) is 95.5 Å². The summed E-state index contributed by atoms with van der Waals surface area (Å²) in [6.07, 6.45) is 10.8. The van der Waals surface area contributed by atoms with Crippen molar-refractivity contribution in [3.63, 3.8) is 0 Å². The number of nitrogens with one attached hydrogen (secondary N) is 2. The molecule has 0 bridgehead atoms. The van der Waals surface area contributed by atoms with Gasteiger partial charge in [-0.1, -0.05) is 68.8 Å². The Bertz CT molecular complexity index is 3180. The number of likely N-dealkylation sites (tertiary alicyclic amines) is 1. The number of amides is 3. The molecule has 16 nitrogen and oxygen atoms in total. The maximum Gasteiger partial charge on any atom is 0.248 e. The predicted molar refractivity (Wildman–Crippen MR) is 277 cm³/mol. The van der Waals surface area contributed by atoms with E-state index in [2.05, 4.69) is 51.6 Å². The van der Waals surface area contributed by atoms with Crippen molar-refractivity contribution in [2.45, 2.75) is 110 Å². The van der Waals surface area contributed by atoms with Crippen LogP contribution < -0.4 is 15.4 Å². The number of hydrogen-bond donors (Lipinski definition) is 2. The van der Waals surface area contributed by atoms with Gasteiger partial charge in [-0.25, -0.2) is 9.97 Å². The molecule has 372 valence electrons. The van der Waals surface area contributed by atoms with Gasteiger partial charge in [-0.05, 0) is 80.8 Å². The molecule has 0 spiro atoms. The van der Waals surface area contributed by atoms with Gasteiger partial charge in [0.25, 0.3) is 0 Å². The van der Waals surface area contributed by atoms with E-state index >= 15 is 0 Å². The van der Waals surface area contributed by atoms with Crippen LogP contribution in [0.25, 0.3) is 27.5 Å². The van der Waals surface area contributed by atoms with Crippen LogP contribution in [0, 0.1) is 32.6 Å². The second kappa shape index (κ2) is 19.9. The number of ether oxygens (including phenoxy) is 1. The highest BCUT2D eigenvalue weighted by Crippen LogP contribution is 2.40. The summed E-state index contributed by atoms with van der Waals surface area (Å²) < 4.78 is 12.1. The molecule has 10 rings (SSSR count). The Hall–Kier alpha value is -6.98. The molecule has 5 atom stereocenters. The second-order valence-corrected chi connectivity index (χ2v) is 21.6. The van der Waals surface area contributed by atoms with Gasteiger partial charge in [0.1, 0.15) is 40.9 Å². The molecule has 7 heterocycles. The molecule has 18 heteroatoms. The number of hydrogen-bond acceptors (Lipinski definition) is 11. The molecule has 1 saturated heterocycles. The quantitative estimate of drug-likeness (QED) is 0.108. The Kier molecular flexibility index (Phi) is 13.4. The number of imidazole rings is 1. The van der Waals surface area contributed by atoms with Crippen LogP contribution >= 0.6 is 22.9 Å². The van der Waals surface area contributed by atoms with Crippen molar-refractivity contribution in [3.8, 4) is 33.4 Å². The zero-order valence-electron chi connectivity index (χ0n) is 41.7. The Labute approximate surface area is 427 Å². The number of thiophene rings is 1. The number of aliphatic imine (C=N–C) groups is 1. The molecule has 0 unspecified atom stereocenters. The summed E-state index contributed by atoms with van der Waals surface area (Å²) >= 11 is 7.96. The first kappa shape index (κ1) is 48.6. The van der Waals surface area contributed by atoms with Gasteiger partial charge < -0.3 is 24.8 Å². The molecule has 2 aromatic carbocycles. The molecular weight excluding hydrogens is 948 g/mol. The normalized spacial score (nSPS) is 20.2. The third kappa shape index (κ3) is 9.59. The van der Waals surface area contributed by atoms with Crippen LogP contribution in [0.3, 0.4) is 0 Å². The molecule has 72 heavy (non-hydrogen) atoms. The lowest BCUT2D eigenvalue weighted by Crippen LogP contribution is -2.49. The number of benzene rings is 2. The van der Waals surface area contributed by atoms with Gasteiger partial charge in [0.05, 0.1) is 24.4 Å².